The number of benzene rings is 1. The number of nitrogens with zero attached hydrogens (tertiary/aromatic N) is 2. The van der Waals surface area contributed by atoms with E-state index < -0.39 is 0 Å². The fourth-order valence-corrected chi connectivity index (χ4v) is 3.94. The van der Waals surface area contributed by atoms with Gasteiger partial charge in [-0.2, -0.15) is 0 Å². The summed E-state index contributed by atoms with van der Waals surface area (Å²) in [5.74, 6) is 1.64. The molecule has 2 heterocycles. The van der Waals surface area contributed by atoms with Crippen molar-refractivity contribution in [3.8, 4) is 5.75 Å². The Hall–Kier alpha value is -1.97. The molecule has 174 valence electrons. The molecule has 2 saturated heterocycles. The van der Waals surface area contributed by atoms with Crippen molar-refractivity contribution in [3.05, 3.63) is 23.8 Å². The second-order valence-electron chi connectivity index (χ2n) is 7.39. The van der Waals surface area contributed by atoms with Crippen LogP contribution in [0.15, 0.2) is 18.2 Å². The van der Waals surface area contributed by atoms with E-state index in [0.29, 0.717) is 43.6 Å². The van der Waals surface area contributed by atoms with Gasteiger partial charge < -0.3 is 28.7 Å². The Balaban J connectivity index is 0.000000357. The highest BCUT2D eigenvalue weighted by Gasteiger charge is 2.22. The van der Waals surface area contributed by atoms with Gasteiger partial charge in [-0.05, 0) is 37.5 Å². The number of rotatable bonds is 9. The molecule has 0 radical (unpaired) electrons. The molecule has 2 aliphatic rings. The van der Waals surface area contributed by atoms with Crippen molar-refractivity contribution in [1.29, 1.82) is 0 Å². The van der Waals surface area contributed by atoms with Crippen LogP contribution in [0.2, 0.25) is 0 Å². The zero-order valence-electron chi connectivity index (χ0n) is 18.8. The van der Waals surface area contributed by atoms with Gasteiger partial charge in [0.2, 0.25) is 6.41 Å². The molecule has 1 unspecified atom stereocenters. The third-order valence-corrected chi connectivity index (χ3v) is 6.04. The second-order valence-corrected chi connectivity index (χ2v) is 8.29. The van der Waals surface area contributed by atoms with Crippen LogP contribution in [-0.4, -0.2) is 87.6 Å². The van der Waals surface area contributed by atoms with E-state index in [1.54, 1.807) is 42.0 Å². The smallest absolute Gasteiger partial charge is 0.254 e. The van der Waals surface area contributed by atoms with E-state index in [0.717, 1.165) is 37.5 Å². The summed E-state index contributed by atoms with van der Waals surface area (Å²) in [6, 6.07) is 5.45. The molecule has 0 aromatic heterocycles. The zero-order chi connectivity index (χ0) is 22.5. The van der Waals surface area contributed by atoms with Crippen molar-refractivity contribution >= 4 is 30.0 Å². The summed E-state index contributed by atoms with van der Waals surface area (Å²) in [6.07, 6.45) is 4.68. The first-order valence-electron chi connectivity index (χ1n) is 10.8. The summed E-state index contributed by atoms with van der Waals surface area (Å²) in [6.45, 7) is 6.10. The lowest BCUT2D eigenvalue weighted by atomic mass is 10.1. The van der Waals surface area contributed by atoms with Gasteiger partial charge in [-0.1, -0.05) is 18.9 Å². The Labute approximate surface area is 189 Å². The summed E-state index contributed by atoms with van der Waals surface area (Å²) >= 11 is 1.62. The standard InChI is InChI=1S/C16H23N3O3S.C6H12O2/c1-3-10-23-17-14-5-4-13(11-15(14)22-2)16(21)19-8-6-18(12-20)7-9-19;1-7-5-6-3-2-4-8-6/h4-5,11-12,17H,3,6-10H2,1-2H3;6H,2-5H2,1H3. The van der Waals surface area contributed by atoms with Crippen LogP contribution in [0.3, 0.4) is 0 Å². The predicted molar refractivity (Wildman–Crippen MR) is 124 cm³/mol. The molecular weight excluding hydrogens is 418 g/mol. The minimum Gasteiger partial charge on any atom is -0.495 e. The fraction of sp³-hybridized carbons (Fsp3) is 0.636. The lowest BCUT2D eigenvalue weighted by molar-refractivity contribution is -0.119. The molecule has 0 spiro atoms. The van der Waals surface area contributed by atoms with Gasteiger partial charge in [0, 0.05) is 51.2 Å². The molecule has 0 bridgehead atoms. The SMILES string of the molecule is CCCSNc1ccc(C(=O)N2CCN(C=O)CC2)cc1OC.COCC1CCCO1. The van der Waals surface area contributed by atoms with Crippen molar-refractivity contribution in [3.63, 3.8) is 0 Å². The topological polar surface area (TPSA) is 80.3 Å². The van der Waals surface area contributed by atoms with Crippen LogP contribution in [0, 0.1) is 0 Å². The van der Waals surface area contributed by atoms with Gasteiger partial charge in [-0.15, -0.1) is 0 Å². The first kappa shape index (κ1) is 25.3. The monoisotopic (exact) mass is 453 g/mol. The molecule has 1 atom stereocenters. The number of anilines is 1. The first-order valence-corrected chi connectivity index (χ1v) is 11.8. The van der Waals surface area contributed by atoms with E-state index in [1.165, 1.54) is 12.8 Å². The van der Waals surface area contributed by atoms with Crippen LogP contribution >= 0.6 is 11.9 Å². The van der Waals surface area contributed by atoms with Crippen molar-refractivity contribution in [1.82, 2.24) is 9.80 Å². The van der Waals surface area contributed by atoms with Gasteiger partial charge in [-0.25, -0.2) is 0 Å². The third kappa shape index (κ3) is 8.23. The number of piperazine rings is 1. The summed E-state index contributed by atoms with van der Waals surface area (Å²) in [5, 5.41) is 0. The Morgan fingerprint density at radius 1 is 1.29 bits per heavy atom. The molecule has 0 aliphatic carbocycles. The van der Waals surface area contributed by atoms with Crippen LogP contribution in [0.4, 0.5) is 5.69 Å². The fourth-order valence-electron chi connectivity index (χ4n) is 3.31. The number of hydrogen-bond acceptors (Lipinski definition) is 7. The maximum atomic E-state index is 12.6. The highest BCUT2D eigenvalue weighted by atomic mass is 32.2. The van der Waals surface area contributed by atoms with Gasteiger partial charge in [0.15, 0.2) is 0 Å². The highest BCUT2D eigenvalue weighted by molar-refractivity contribution is 8.00. The largest absolute Gasteiger partial charge is 0.495 e. The number of hydrogen-bond donors (Lipinski definition) is 1. The summed E-state index contributed by atoms with van der Waals surface area (Å²) in [7, 11) is 3.31. The predicted octanol–water partition coefficient (Wildman–Crippen LogP) is 2.89. The van der Waals surface area contributed by atoms with Gasteiger partial charge in [0.05, 0.1) is 25.5 Å². The Morgan fingerprint density at radius 2 is 2.06 bits per heavy atom. The first-order chi connectivity index (χ1) is 15.1. The van der Waals surface area contributed by atoms with Crippen LogP contribution in [-0.2, 0) is 14.3 Å². The third-order valence-electron chi connectivity index (χ3n) is 5.06. The van der Waals surface area contributed by atoms with Gasteiger partial charge >= 0.3 is 0 Å². The van der Waals surface area contributed by atoms with Crippen LogP contribution in [0.5, 0.6) is 5.75 Å². The van der Waals surface area contributed by atoms with Crippen LogP contribution < -0.4 is 9.46 Å². The van der Waals surface area contributed by atoms with Crippen LogP contribution in [0.25, 0.3) is 0 Å². The molecule has 31 heavy (non-hydrogen) atoms. The Kier molecular flexibility index (Phi) is 11.6. The van der Waals surface area contributed by atoms with Crippen LogP contribution in [0.1, 0.15) is 36.5 Å². The summed E-state index contributed by atoms with van der Waals surface area (Å²) < 4.78 is 18.8. The van der Waals surface area contributed by atoms with E-state index in [1.807, 2.05) is 12.1 Å². The molecular formula is C22H35N3O5S. The molecule has 2 aliphatic heterocycles. The average molecular weight is 454 g/mol. The maximum Gasteiger partial charge on any atom is 0.254 e. The molecule has 1 N–H and O–H groups in total. The van der Waals surface area contributed by atoms with E-state index in [4.69, 9.17) is 14.2 Å². The number of carbonyl (C=O) groups excluding carboxylic acids is 2. The molecule has 0 saturated carbocycles. The maximum absolute atomic E-state index is 12.6. The van der Waals surface area contributed by atoms with Crippen molar-refractivity contribution in [2.75, 3.05) is 64.1 Å². The minimum atomic E-state index is -0.0263. The van der Waals surface area contributed by atoms with Gasteiger partial charge in [-0.3, -0.25) is 9.59 Å². The normalized spacial score (nSPS) is 18.2. The molecule has 3 rings (SSSR count). The molecule has 8 nitrogen and oxygen atoms in total. The molecule has 9 heteroatoms. The number of ether oxygens (including phenoxy) is 3. The van der Waals surface area contributed by atoms with Gasteiger partial charge in [0.1, 0.15) is 5.75 Å². The number of methoxy groups -OCH3 is 2. The number of carbonyl (C=O) groups is 2. The van der Waals surface area contributed by atoms with E-state index in [-0.39, 0.29) is 5.91 Å². The quantitative estimate of drug-likeness (QED) is 0.350. The lowest BCUT2D eigenvalue weighted by Crippen LogP contribution is -2.48. The molecule has 1 aromatic rings. The number of amides is 2. The molecule has 2 amide bonds. The zero-order valence-corrected chi connectivity index (χ0v) is 19.6. The highest BCUT2D eigenvalue weighted by Crippen LogP contribution is 2.28. The lowest BCUT2D eigenvalue weighted by Gasteiger charge is -2.32. The van der Waals surface area contributed by atoms with Crippen molar-refractivity contribution in [2.45, 2.75) is 32.3 Å². The van der Waals surface area contributed by atoms with Crippen molar-refractivity contribution < 1.29 is 23.8 Å². The Morgan fingerprint density at radius 3 is 2.65 bits per heavy atom. The van der Waals surface area contributed by atoms with E-state index in [9.17, 15) is 9.59 Å². The average Bonchev–Trinajstić information content (AvgIpc) is 3.33. The number of nitrogens with one attached hydrogen (secondary N) is 1. The second kappa shape index (κ2) is 14.2. The van der Waals surface area contributed by atoms with E-state index in [2.05, 4.69) is 11.6 Å². The summed E-state index contributed by atoms with van der Waals surface area (Å²) in [4.78, 5) is 26.8. The van der Waals surface area contributed by atoms with Gasteiger partial charge in [0.25, 0.3) is 5.91 Å². The van der Waals surface area contributed by atoms with E-state index >= 15 is 0 Å². The molecule has 1 aromatic carbocycles. The summed E-state index contributed by atoms with van der Waals surface area (Å²) in [5.41, 5.74) is 1.47. The Bertz CT molecular complexity index is 677. The van der Waals surface area contributed by atoms with Crippen molar-refractivity contribution in [2.24, 2.45) is 0 Å². The molecule has 2 fully saturated rings. The minimum absolute atomic E-state index is 0.0263.